The first-order valence-electron chi connectivity index (χ1n) is 10.5. The van der Waals surface area contributed by atoms with Crippen LogP contribution in [0.15, 0.2) is 65.6 Å². The molecular weight excluding hydrogens is 378 g/mol. The number of benzene rings is 2. The van der Waals surface area contributed by atoms with Gasteiger partial charge in [-0.15, -0.1) is 0 Å². The van der Waals surface area contributed by atoms with E-state index in [9.17, 15) is 8.42 Å². The summed E-state index contributed by atoms with van der Waals surface area (Å²) < 4.78 is 28.8. The average Bonchev–Trinajstić information content (AvgIpc) is 2.85. The molecule has 0 aliphatic carbocycles. The molecule has 1 aliphatic rings. The molecule has 4 heteroatoms. The van der Waals surface area contributed by atoms with Crippen molar-refractivity contribution in [3.05, 3.63) is 71.8 Å². The van der Waals surface area contributed by atoms with Crippen molar-refractivity contribution in [1.29, 1.82) is 0 Å². The number of hydrogen-bond donors (Lipinski definition) is 0. The van der Waals surface area contributed by atoms with Gasteiger partial charge in [-0.25, -0.2) is 8.42 Å². The first kappa shape index (κ1) is 21.8. The van der Waals surface area contributed by atoms with Crippen LogP contribution >= 0.6 is 0 Å². The molecule has 0 bridgehead atoms. The summed E-state index contributed by atoms with van der Waals surface area (Å²) in [5.74, 6) is 0.382. The Balaban J connectivity index is 1.94. The Kier molecular flexibility index (Phi) is 6.65. The lowest BCUT2D eigenvalue weighted by Crippen LogP contribution is -2.39. The predicted octanol–water partition coefficient (Wildman–Crippen LogP) is 6.09. The highest BCUT2D eigenvalue weighted by Crippen LogP contribution is 2.36. The summed E-state index contributed by atoms with van der Waals surface area (Å²) in [5.41, 5.74) is 2.35. The quantitative estimate of drug-likeness (QED) is 0.597. The van der Waals surface area contributed by atoms with Gasteiger partial charge in [-0.1, -0.05) is 82.3 Å². The van der Waals surface area contributed by atoms with Crippen molar-refractivity contribution in [2.45, 2.75) is 63.8 Å². The van der Waals surface area contributed by atoms with Gasteiger partial charge in [-0.3, -0.25) is 0 Å². The van der Waals surface area contributed by atoms with E-state index in [0.29, 0.717) is 17.4 Å². The molecule has 0 amide bonds. The molecule has 1 heterocycles. The van der Waals surface area contributed by atoms with Gasteiger partial charge < -0.3 is 0 Å². The maximum absolute atomic E-state index is 13.5. The summed E-state index contributed by atoms with van der Waals surface area (Å²) in [6, 6.07) is 17.3. The maximum atomic E-state index is 13.5. The normalized spacial score (nSPS) is 20.8. The van der Waals surface area contributed by atoms with Crippen molar-refractivity contribution < 1.29 is 8.42 Å². The molecule has 2 aromatic carbocycles. The van der Waals surface area contributed by atoms with Gasteiger partial charge in [0, 0.05) is 12.6 Å². The van der Waals surface area contributed by atoms with E-state index in [4.69, 9.17) is 0 Å². The number of nitrogens with zero attached hydrogens (tertiary/aromatic N) is 1. The Hall–Kier alpha value is -1.91. The fourth-order valence-corrected chi connectivity index (χ4v) is 5.68. The van der Waals surface area contributed by atoms with Crippen molar-refractivity contribution in [3.8, 4) is 0 Å². The lowest BCUT2D eigenvalue weighted by Gasteiger charge is -2.30. The van der Waals surface area contributed by atoms with Crippen molar-refractivity contribution >= 4 is 16.1 Å². The molecule has 1 aliphatic heterocycles. The topological polar surface area (TPSA) is 37.4 Å². The minimum atomic E-state index is -3.55. The van der Waals surface area contributed by atoms with Gasteiger partial charge in [0.05, 0.1) is 4.90 Å². The van der Waals surface area contributed by atoms with E-state index in [1.807, 2.05) is 42.5 Å². The lowest BCUT2D eigenvalue weighted by atomic mass is 9.83. The van der Waals surface area contributed by atoms with Crippen LogP contribution < -0.4 is 0 Å². The smallest absolute Gasteiger partial charge is 0.207 e. The standard InChI is InChI=1S/C25H33NO2S/c1-20(2)22-12-15-24(16-13-22)29(27,28)26-18-8-17-25(3,4)19-23(26)14-11-21-9-6-5-7-10-21/h5-7,9-16,20,23H,8,17-19H2,1-4H3/b14-11+. The molecule has 156 valence electrons. The molecule has 0 spiro atoms. The van der Waals surface area contributed by atoms with Crippen LogP contribution in [-0.4, -0.2) is 25.3 Å². The van der Waals surface area contributed by atoms with E-state index in [1.54, 1.807) is 16.4 Å². The number of rotatable bonds is 5. The molecule has 2 aromatic rings. The summed E-state index contributed by atoms with van der Waals surface area (Å²) in [7, 11) is -3.55. The predicted molar refractivity (Wildman–Crippen MR) is 121 cm³/mol. The van der Waals surface area contributed by atoms with Gasteiger partial charge in [0.25, 0.3) is 0 Å². The Bertz CT molecular complexity index is 929. The summed E-state index contributed by atoms with van der Waals surface area (Å²) in [6.07, 6.45) is 6.85. The lowest BCUT2D eigenvalue weighted by molar-refractivity contribution is 0.282. The minimum Gasteiger partial charge on any atom is -0.207 e. The van der Waals surface area contributed by atoms with Crippen molar-refractivity contribution in [2.24, 2.45) is 5.41 Å². The van der Waals surface area contributed by atoms with Gasteiger partial charge in [0.2, 0.25) is 10.0 Å². The summed E-state index contributed by atoms with van der Waals surface area (Å²) in [5, 5.41) is 0. The minimum absolute atomic E-state index is 0.109. The molecule has 29 heavy (non-hydrogen) atoms. The third-order valence-corrected chi connectivity index (χ3v) is 7.77. The van der Waals surface area contributed by atoms with E-state index in [1.165, 1.54) is 0 Å². The van der Waals surface area contributed by atoms with Crippen LogP contribution in [0, 0.1) is 5.41 Å². The van der Waals surface area contributed by atoms with Gasteiger partial charge in [0.1, 0.15) is 0 Å². The molecule has 1 atom stereocenters. The third kappa shape index (κ3) is 5.37. The summed E-state index contributed by atoms with van der Waals surface area (Å²) in [6.45, 7) is 9.27. The summed E-state index contributed by atoms with van der Waals surface area (Å²) >= 11 is 0. The van der Waals surface area contributed by atoms with E-state index in [-0.39, 0.29) is 11.5 Å². The molecule has 0 saturated carbocycles. The largest absolute Gasteiger partial charge is 0.243 e. The Morgan fingerprint density at radius 1 is 1.03 bits per heavy atom. The first-order valence-corrected chi connectivity index (χ1v) is 12.0. The van der Waals surface area contributed by atoms with Crippen LogP contribution in [0.2, 0.25) is 0 Å². The SMILES string of the molecule is CC(C)c1ccc(S(=O)(=O)N2CCCC(C)(C)CC2/C=C/c2ccccc2)cc1. The van der Waals surface area contributed by atoms with Crippen molar-refractivity contribution in [2.75, 3.05) is 6.54 Å². The fourth-order valence-electron chi connectivity index (χ4n) is 4.06. The molecule has 0 N–H and O–H groups in total. The molecule has 0 aromatic heterocycles. The van der Waals surface area contributed by atoms with E-state index in [2.05, 4.69) is 39.8 Å². The molecule has 1 saturated heterocycles. The molecule has 1 fully saturated rings. The maximum Gasteiger partial charge on any atom is 0.243 e. The van der Waals surface area contributed by atoms with Gasteiger partial charge >= 0.3 is 0 Å². The highest BCUT2D eigenvalue weighted by atomic mass is 32.2. The van der Waals surface area contributed by atoms with E-state index >= 15 is 0 Å². The highest BCUT2D eigenvalue weighted by Gasteiger charge is 2.36. The van der Waals surface area contributed by atoms with Gasteiger partial charge in [-0.2, -0.15) is 4.31 Å². The molecule has 0 radical (unpaired) electrons. The second-order valence-electron chi connectivity index (χ2n) is 9.15. The zero-order valence-electron chi connectivity index (χ0n) is 18.0. The fraction of sp³-hybridized carbons (Fsp3) is 0.440. The average molecular weight is 412 g/mol. The van der Waals surface area contributed by atoms with Crippen LogP contribution in [0.5, 0.6) is 0 Å². The Morgan fingerprint density at radius 3 is 2.31 bits per heavy atom. The van der Waals surface area contributed by atoms with Gasteiger partial charge in [0.15, 0.2) is 0 Å². The molecule has 3 rings (SSSR count). The van der Waals surface area contributed by atoms with Gasteiger partial charge in [-0.05, 0) is 53.9 Å². The van der Waals surface area contributed by atoms with Crippen molar-refractivity contribution in [1.82, 2.24) is 4.31 Å². The third-order valence-electron chi connectivity index (χ3n) is 5.83. The van der Waals surface area contributed by atoms with E-state index in [0.717, 1.165) is 30.4 Å². The number of sulfonamides is 1. The van der Waals surface area contributed by atoms with Crippen LogP contribution in [0.4, 0.5) is 0 Å². The monoisotopic (exact) mass is 411 g/mol. The van der Waals surface area contributed by atoms with Crippen LogP contribution in [0.25, 0.3) is 6.08 Å². The number of hydrogen-bond acceptors (Lipinski definition) is 2. The van der Waals surface area contributed by atoms with Crippen LogP contribution in [0.3, 0.4) is 0 Å². The van der Waals surface area contributed by atoms with Crippen LogP contribution in [0.1, 0.15) is 64.0 Å². The zero-order valence-corrected chi connectivity index (χ0v) is 18.8. The molecule has 3 nitrogen and oxygen atoms in total. The second-order valence-corrected chi connectivity index (χ2v) is 11.0. The molecular formula is C25H33NO2S. The highest BCUT2D eigenvalue weighted by molar-refractivity contribution is 7.89. The van der Waals surface area contributed by atoms with Crippen molar-refractivity contribution in [3.63, 3.8) is 0 Å². The Morgan fingerprint density at radius 2 is 1.69 bits per heavy atom. The summed E-state index contributed by atoms with van der Waals surface area (Å²) in [4.78, 5) is 0.389. The second kappa shape index (κ2) is 8.85. The first-order chi connectivity index (χ1) is 13.7. The van der Waals surface area contributed by atoms with Crippen LogP contribution in [-0.2, 0) is 10.0 Å². The molecule has 1 unspecified atom stereocenters. The zero-order chi connectivity index (χ0) is 21.1. The van der Waals surface area contributed by atoms with E-state index < -0.39 is 10.0 Å². The Labute approximate surface area is 176 Å².